The Bertz CT molecular complexity index is 1340. The first-order valence-electron chi connectivity index (χ1n) is 9.20. The molecule has 2 aromatic carbocycles. The summed E-state index contributed by atoms with van der Waals surface area (Å²) < 4.78 is 8.16. The third-order valence-corrected chi connectivity index (χ3v) is 7.29. The first kappa shape index (κ1) is 23.0. The van der Waals surface area contributed by atoms with E-state index in [0.29, 0.717) is 32.4 Å². The van der Waals surface area contributed by atoms with Crippen molar-refractivity contribution < 1.29 is 9.53 Å². The van der Waals surface area contributed by atoms with Gasteiger partial charge in [0.05, 0.1) is 23.1 Å². The van der Waals surface area contributed by atoms with Crippen molar-refractivity contribution in [2.45, 2.75) is 6.54 Å². The predicted octanol–water partition coefficient (Wildman–Crippen LogP) is 6.81. The molecule has 0 saturated carbocycles. The number of methoxy groups -OCH3 is 1. The predicted molar refractivity (Wildman–Crippen MR) is 138 cm³/mol. The van der Waals surface area contributed by atoms with Gasteiger partial charge in [-0.25, -0.2) is 4.79 Å². The van der Waals surface area contributed by atoms with Crippen molar-refractivity contribution >= 4 is 95.4 Å². The third kappa shape index (κ3) is 4.92. The number of fused-ring (bicyclic) bond motifs is 1. The average molecular weight is 570 g/mol. The van der Waals surface area contributed by atoms with Crippen molar-refractivity contribution in [1.82, 2.24) is 9.78 Å². The fourth-order valence-corrected chi connectivity index (χ4v) is 5.29. The summed E-state index contributed by atoms with van der Waals surface area (Å²) in [6, 6.07) is 13.2. The molecule has 2 heterocycles. The second kappa shape index (κ2) is 9.76. The van der Waals surface area contributed by atoms with Crippen LogP contribution in [0.2, 0.25) is 10.0 Å². The highest BCUT2D eigenvalue weighted by molar-refractivity contribution is 9.10. The van der Waals surface area contributed by atoms with Crippen LogP contribution in [0, 0.1) is 0 Å². The number of nitrogens with zero attached hydrogens (tertiary/aromatic N) is 2. The number of hydrogen-bond acceptors (Lipinski definition) is 5. The summed E-state index contributed by atoms with van der Waals surface area (Å²) >= 11 is 22.8. The number of halogens is 3. The van der Waals surface area contributed by atoms with Crippen molar-refractivity contribution in [3.8, 4) is 0 Å². The minimum Gasteiger partial charge on any atom is -0.465 e. The number of carbonyl (C=O) groups excluding carboxylic acids is 1. The molecule has 0 atom stereocenters. The van der Waals surface area contributed by atoms with Crippen LogP contribution in [0.4, 0.5) is 11.5 Å². The Hall–Kier alpha value is -2.17. The molecule has 0 aliphatic heterocycles. The Balaban J connectivity index is 1.47. The number of esters is 1. The zero-order valence-electron chi connectivity index (χ0n) is 16.5. The van der Waals surface area contributed by atoms with Gasteiger partial charge in [-0.1, -0.05) is 41.4 Å². The molecular weight excluding hydrogens is 555 g/mol. The van der Waals surface area contributed by atoms with Crippen molar-refractivity contribution in [2.75, 3.05) is 17.7 Å². The van der Waals surface area contributed by atoms with Gasteiger partial charge in [-0.05, 0) is 58.0 Å². The summed E-state index contributed by atoms with van der Waals surface area (Å²) in [5.74, 6) is 0.114. The van der Waals surface area contributed by atoms with Gasteiger partial charge in [0, 0.05) is 27.0 Å². The van der Waals surface area contributed by atoms with Gasteiger partial charge >= 0.3 is 5.97 Å². The summed E-state index contributed by atoms with van der Waals surface area (Å²) in [4.78, 5) is 12.2. The topological polar surface area (TPSA) is 68.2 Å². The first-order chi connectivity index (χ1) is 15.4. The zero-order valence-corrected chi connectivity index (χ0v) is 21.2. The Morgan fingerprint density at radius 3 is 2.78 bits per heavy atom. The molecule has 6 nitrogen and oxygen atoms in total. The van der Waals surface area contributed by atoms with Gasteiger partial charge < -0.3 is 15.4 Å². The van der Waals surface area contributed by atoms with Gasteiger partial charge in [0.1, 0.15) is 4.88 Å². The molecule has 0 spiro atoms. The number of rotatable bonds is 5. The first-order valence-corrected chi connectivity index (χ1v) is 12.0. The van der Waals surface area contributed by atoms with Gasteiger partial charge in [-0.15, -0.1) is 11.3 Å². The molecule has 2 N–H and O–H groups in total. The van der Waals surface area contributed by atoms with Gasteiger partial charge in [-0.3, -0.25) is 4.68 Å². The molecule has 0 unspecified atom stereocenters. The van der Waals surface area contributed by atoms with Gasteiger partial charge in [-0.2, -0.15) is 5.10 Å². The molecule has 4 aromatic rings. The number of thiocarbonyl (C=S) groups is 1. The molecule has 0 saturated heterocycles. The highest BCUT2D eigenvalue weighted by atomic mass is 79.9. The van der Waals surface area contributed by atoms with Crippen LogP contribution in [0.3, 0.4) is 0 Å². The maximum absolute atomic E-state index is 11.9. The normalized spacial score (nSPS) is 10.9. The van der Waals surface area contributed by atoms with E-state index in [1.54, 1.807) is 4.68 Å². The second-order valence-corrected chi connectivity index (χ2v) is 9.74. The van der Waals surface area contributed by atoms with Gasteiger partial charge in [0.2, 0.25) is 0 Å². The number of carbonyl (C=O) groups is 1. The third-order valence-electron chi connectivity index (χ3n) is 4.50. The number of benzene rings is 2. The summed E-state index contributed by atoms with van der Waals surface area (Å²) in [6.07, 6.45) is 1.85. The quantitative estimate of drug-likeness (QED) is 0.203. The van der Waals surface area contributed by atoms with Crippen molar-refractivity contribution in [2.24, 2.45) is 0 Å². The number of anilines is 2. The molecule has 164 valence electrons. The molecule has 11 heteroatoms. The van der Waals surface area contributed by atoms with Crippen LogP contribution in [0.25, 0.3) is 10.1 Å². The molecule has 0 bridgehead atoms. The largest absolute Gasteiger partial charge is 0.465 e. The Labute approximate surface area is 211 Å². The fourth-order valence-electron chi connectivity index (χ4n) is 3.00. The molecule has 0 radical (unpaired) electrons. The lowest BCUT2D eigenvalue weighted by molar-refractivity contribution is 0.0606. The van der Waals surface area contributed by atoms with Crippen LogP contribution < -0.4 is 10.6 Å². The van der Waals surface area contributed by atoms with E-state index >= 15 is 0 Å². The maximum Gasteiger partial charge on any atom is 0.349 e. The number of ether oxygens (including phenoxy) is 1. The van der Waals surface area contributed by atoms with Crippen molar-refractivity contribution in [1.29, 1.82) is 0 Å². The molecule has 0 aliphatic carbocycles. The van der Waals surface area contributed by atoms with Crippen LogP contribution >= 0.6 is 62.7 Å². The number of aromatic nitrogens is 2. The van der Waals surface area contributed by atoms with E-state index in [9.17, 15) is 4.79 Å². The van der Waals surface area contributed by atoms with E-state index in [2.05, 4.69) is 31.7 Å². The number of nitrogens with one attached hydrogen (secondary N) is 2. The zero-order chi connectivity index (χ0) is 22.8. The fraction of sp³-hybridized carbons (Fsp3) is 0.0952. The molecule has 2 aromatic heterocycles. The smallest absolute Gasteiger partial charge is 0.349 e. The highest BCUT2D eigenvalue weighted by Gasteiger charge is 2.18. The number of hydrogen-bond donors (Lipinski definition) is 2. The Morgan fingerprint density at radius 1 is 1.25 bits per heavy atom. The van der Waals surface area contributed by atoms with Crippen LogP contribution in [0.5, 0.6) is 0 Å². The maximum atomic E-state index is 11.9. The van der Waals surface area contributed by atoms with E-state index in [-0.39, 0.29) is 0 Å². The van der Waals surface area contributed by atoms with Crippen LogP contribution in [0.15, 0.2) is 53.1 Å². The molecule has 0 fully saturated rings. The summed E-state index contributed by atoms with van der Waals surface area (Å²) in [5.41, 5.74) is 1.71. The van der Waals surface area contributed by atoms with E-state index in [1.807, 2.05) is 48.7 Å². The van der Waals surface area contributed by atoms with E-state index in [0.717, 1.165) is 25.8 Å². The monoisotopic (exact) mass is 568 g/mol. The lowest BCUT2D eigenvalue weighted by Gasteiger charge is -2.09. The molecule has 0 aliphatic rings. The minimum absolute atomic E-state index is 0.365. The molecule has 32 heavy (non-hydrogen) atoms. The van der Waals surface area contributed by atoms with Crippen molar-refractivity contribution in [3.63, 3.8) is 0 Å². The molecule has 4 rings (SSSR count). The summed E-state index contributed by atoms with van der Waals surface area (Å²) in [5, 5.41) is 13.0. The van der Waals surface area contributed by atoms with E-state index < -0.39 is 5.97 Å². The van der Waals surface area contributed by atoms with Crippen molar-refractivity contribution in [3.05, 3.63) is 73.6 Å². The summed E-state index contributed by atoms with van der Waals surface area (Å²) in [6.45, 7) is 0.526. The van der Waals surface area contributed by atoms with Crippen LogP contribution in [-0.2, 0) is 11.3 Å². The SMILES string of the molecule is COC(=O)c1sc2cc(NC(=S)Nc3nn(Cc4ccccc4Cl)cc3Br)ccc2c1Cl. The lowest BCUT2D eigenvalue weighted by atomic mass is 10.2. The van der Waals surface area contributed by atoms with E-state index in [4.69, 9.17) is 40.2 Å². The van der Waals surface area contributed by atoms with Crippen LogP contribution in [0.1, 0.15) is 15.2 Å². The summed E-state index contributed by atoms with van der Waals surface area (Å²) in [7, 11) is 1.33. The van der Waals surface area contributed by atoms with E-state index in [1.165, 1.54) is 18.4 Å². The Kier molecular flexibility index (Phi) is 7.02. The average Bonchev–Trinajstić information content (AvgIpc) is 3.28. The van der Waals surface area contributed by atoms with Gasteiger partial charge in [0.15, 0.2) is 10.9 Å². The molecule has 0 amide bonds. The standard InChI is InChI=1S/C21H15BrCl2N4O2S2/c1-30-20(29)18-17(24)13-7-6-12(8-16(13)32-18)25-21(31)26-19-14(22)10-28(27-19)9-11-4-2-3-5-15(11)23/h2-8,10H,9H2,1H3,(H2,25,26,27,31). The molecular formula is C21H15BrCl2N4O2S2. The lowest BCUT2D eigenvalue weighted by Crippen LogP contribution is -2.19. The second-order valence-electron chi connectivity index (χ2n) is 6.64. The highest BCUT2D eigenvalue weighted by Crippen LogP contribution is 2.37. The van der Waals surface area contributed by atoms with Crippen LogP contribution in [-0.4, -0.2) is 28.0 Å². The Morgan fingerprint density at radius 2 is 2.03 bits per heavy atom. The number of thiophene rings is 1. The van der Waals surface area contributed by atoms with Gasteiger partial charge in [0.25, 0.3) is 0 Å². The minimum atomic E-state index is -0.458.